The van der Waals surface area contributed by atoms with E-state index in [1.165, 1.54) is 12.8 Å². The van der Waals surface area contributed by atoms with Crippen LogP contribution in [0.3, 0.4) is 0 Å². The number of rotatable bonds is 2. The highest BCUT2D eigenvalue weighted by atomic mass is 28.4. The van der Waals surface area contributed by atoms with Gasteiger partial charge in [-0.05, 0) is 35.1 Å². The van der Waals surface area contributed by atoms with Crippen LogP contribution in [0.25, 0.3) is 0 Å². The Morgan fingerprint density at radius 1 is 0.765 bits per heavy atom. The lowest BCUT2D eigenvalue weighted by Crippen LogP contribution is -2.55. The predicted molar refractivity (Wildman–Crippen MR) is 81.3 cm³/mol. The molecule has 0 aromatic heterocycles. The summed E-state index contributed by atoms with van der Waals surface area (Å²) in [6.45, 7) is 15.4. The van der Waals surface area contributed by atoms with Crippen LogP contribution in [0.15, 0.2) is 12.1 Å². The molecule has 0 saturated heterocycles. The molecular weight excluding hydrogens is 236 g/mol. The summed E-state index contributed by atoms with van der Waals surface area (Å²) in [5, 5.41) is 0. The minimum absolute atomic E-state index is 0.581. The van der Waals surface area contributed by atoms with Crippen LogP contribution in [0.4, 0.5) is 0 Å². The standard InChI is InChI=1S/C15H24Si2/c1-16(2,3)15(17(4,5)6)13-9-11-7-8-12(11)10-14(13)15/h9-10H,7-8H2,1-6H3. The molecule has 1 aromatic carbocycles. The Labute approximate surface area is 107 Å². The lowest BCUT2D eigenvalue weighted by atomic mass is 9.89. The van der Waals surface area contributed by atoms with E-state index in [0.29, 0.717) is 4.66 Å². The van der Waals surface area contributed by atoms with Gasteiger partial charge in [-0.15, -0.1) is 0 Å². The summed E-state index contributed by atoms with van der Waals surface area (Å²) < 4.78 is 0.581. The van der Waals surface area contributed by atoms with Crippen LogP contribution in [-0.2, 0) is 17.5 Å². The number of hydrogen-bond donors (Lipinski definition) is 0. The first kappa shape index (κ1) is 11.7. The van der Waals surface area contributed by atoms with Crippen molar-refractivity contribution >= 4 is 16.1 Å². The first-order valence-electron chi connectivity index (χ1n) is 6.86. The van der Waals surface area contributed by atoms with Gasteiger partial charge in [0.15, 0.2) is 0 Å². The molecule has 0 spiro atoms. The summed E-state index contributed by atoms with van der Waals surface area (Å²) in [5.74, 6) is 0. The second-order valence-electron chi connectivity index (χ2n) is 7.92. The Morgan fingerprint density at radius 2 is 1.12 bits per heavy atom. The van der Waals surface area contributed by atoms with Crippen molar-refractivity contribution in [2.24, 2.45) is 0 Å². The Morgan fingerprint density at radius 3 is 1.35 bits per heavy atom. The number of aryl methyl sites for hydroxylation is 2. The maximum Gasteiger partial charge on any atom is 0.0578 e. The molecule has 0 unspecified atom stereocenters. The van der Waals surface area contributed by atoms with Gasteiger partial charge in [-0.25, -0.2) is 0 Å². The van der Waals surface area contributed by atoms with Crippen molar-refractivity contribution < 1.29 is 0 Å². The van der Waals surface area contributed by atoms with Crippen molar-refractivity contribution in [3.8, 4) is 0 Å². The van der Waals surface area contributed by atoms with E-state index >= 15 is 0 Å². The quantitative estimate of drug-likeness (QED) is 0.701. The largest absolute Gasteiger partial charge is 0.0688 e. The van der Waals surface area contributed by atoms with Gasteiger partial charge in [-0.1, -0.05) is 51.4 Å². The summed E-state index contributed by atoms with van der Waals surface area (Å²) in [5.41, 5.74) is 6.83. The second-order valence-corrected chi connectivity index (χ2v) is 18.9. The SMILES string of the molecule is C[Si](C)(C)C1([Si](C)(C)C)c2cc3c(cc21)CC3. The molecule has 2 aliphatic rings. The van der Waals surface area contributed by atoms with Crippen LogP contribution in [-0.4, -0.2) is 16.1 Å². The van der Waals surface area contributed by atoms with Crippen molar-refractivity contribution in [1.82, 2.24) is 0 Å². The molecule has 0 N–H and O–H groups in total. The van der Waals surface area contributed by atoms with Crippen LogP contribution in [0, 0.1) is 0 Å². The Kier molecular flexibility index (Phi) is 2.05. The average molecular weight is 261 g/mol. The smallest absolute Gasteiger partial charge is 0.0578 e. The lowest BCUT2D eigenvalue weighted by Gasteiger charge is -2.40. The van der Waals surface area contributed by atoms with Gasteiger partial charge < -0.3 is 0 Å². The molecule has 3 rings (SSSR count). The van der Waals surface area contributed by atoms with Gasteiger partial charge in [-0.2, -0.15) is 0 Å². The van der Waals surface area contributed by atoms with Crippen LogP contribution in [0.1, 0.15) is 22.3 Å². The van der Waals surface area contributed by atoms with E-state index in [2.05, 4.69) is 51.4 Å². The fraction of sp³-hybridized carbons (Fsp3) is 0.600. The zero-order valence-corrected chi connectivity index (χ0v) is 14.1. The first-order valence-corrected chi connectivity index (χ1v) is 13.9. The topological polar surface area (TPSA) is 0 Å². The summed E-state index contributed by atoms with van der Waals surface area (Å²) >= 11 is 0. The number of fused-ring (bicyclic) bond motifs is 2. The Bertz CT molecular complexity index is 454. The average Bonchev–Trinajstić information content (AvgIpc) is 2.75. The van der Waals surface area contributed by atoms with E-state index in [-0.39, 0.29) is 0 Å². The number of benzene rings is 1. The fourth-order valence-electron chi connectivity index (χ4n) is 4.53. The summed E-state index contributed by atoms with van der Waals surface area (Å²) in [4.78, 5) is 0. The third-order valence-corrected chi connectivity index (χ3v) is 15.1. The second kappa shape index (κ2) is 2.97. The van der Waals surface area contributed by atoms with Crippen LogP contribution in [0.5, 0.6) is 0 Å². The summed E-state index contributed by atoms with van der Waals surface area (Å²) in [7, 11) is -2.34. The molecule has 0 nitrogen and oxygen atoms in total. The van der Waals surface area contributed by atoms with Crippen molar-refractivity contribution in [1.29, 1.82) is 0 Å². The predicted octanol–water partition coefficient (Wildman–Crippen LogP) is 4.14. The molecule has 0 aliphatic heterocycles. The van der Waals surface area contributed by atoms with Crippen molar-refractivity contribution in [3.63, 3.8) is 0 Å². The van der Waals surface area contributed by atoms with Crippen LogP contribution < -0.4 is 0 Å². The van der Waals surface area contributed by atoms with Gasteiger partial charge in [-0.3, -0.25) is 0 Å². The lowest BCUT2D eigenvalue weighted by molar-refractivity contribution is 0.841. The van der Waals surface area contributed by atoms with E-state index in [4.69, 9.17) is 0 Å². The van der Waals surface area contributed by atoms with E-state index in [9.17, 15) is 0 Å². The molecule has 0 saturated carbocycles. The van der Waals surface area contributed by atoms with E-state index in [1.54, 1.807) is 22.3 Å². The first-order chi connectivity index (χ1) is 7.69. The van der Waals surface area contributed by atoms with Crippen LogP contribution >= 0.6 is 0 Å². The van der Waals surface area contributed by atoms with Gasteiger partial charge in [0, 0.05) is 4.66 Å². The third-order valence-electron chi connectivity index (χ3n) is 5.00. The summed E-state index contributed by atoms with van der Waals surface area (Å²) in [6, 6.07) is 5.15. The molecule has 0 atom stereocenters. The molecule has 2 aliphatic carbocycles. The van der Waals surface area contributed by atoms with Crippen molar-refractivity contribution in [2.45, 2.75) is 56.8 Å². The minimum atomic E-state index is -1.17. The Hall–Kier alpha value is -0.346. The maximum absolute atomic E-state index is 2.57. The van der Waals surface area contributed by atoms with Gasteiger partial charge in [0.25, 0.3) is 0 Å². The highest BCUT2D eigenvalue weighted by Crippen LogP contribution is 2.62. The van der Waals surface area contributed by atoms with Gasteiger partial charge >= 0.3 is 0 Å². The van der Waals surface area contributed by atoms with E-state index < -0.39 is 16.1 Å². The maximum atomic E-state index is 2.57. The van der Waals surface area contributed by atoms with E-state index in [1.807, 2.05) is 0 Å². The molecule has 0 fully saturated rings. The summed E-state index contributed by atoms with van der Waals surface area (Å²) in [6.07, 6.45) is 2.66. The molecule has 2 heteroatoms. The third kappa shape index (κ3) is 1.23. The van der Waals surface area contributed by atoms with E-state index in [0.717, 1.165) is 0 Å². The molecular formula is C15H24Si2. The number of hydrogen-bond acceptors (Lipinski definition) is 0. The molecule has 0 heterocycles. The molecule has 0 bridgehead atoms. The van der Waals surface area contributed by atoms with Gasteiger partial charge in [0.05, 0.1) is 16.1 Å². The van der Waals surface area contributed by atoms with Crippen molar-refractivity contribution in [3.05, 3.63) is 34.4 Å². The van der Waals surface area contributed by atoms with Gasteiger partial charge in [0.1, 0.15) is 0 Å². The van der Waals surface area contributed by atoms with Crippen LogP contribution in [0.2, 0.25) is 39.3 Å². The minimum Gasteiger partial charge on any atom is -0.0688 e. The monoisotopic (exact) mass is 260 g/mol. The van der Waals surface area contributed by atoms with Crippen molar-refractivity contribution in [2.75, 3.05) is 0 Å². The molecule has 92 valence electrons. The zero-order valence-electron chi connectivity index (χ0n) is 12.1. The zero-order chi connectivity index (χ0) is 12.6. The molecule has 0 radical (unpaired) electrons. The molecule has 17 heavy (non-hydrogen) atoms. The fourth-order valence-corrected chi connectivity index (χ4v) is 17.5. The normalized spacial score (nSPS) is 20.4. The molecule has 0 amide bonds. The Balaban J connectivity index is 2.19. The molecule has 1 aromatic rings. The van der Waals surface area contributed by atoms with Gasteiger partial charge in [0.2, 0.25) is 0 Å². The highest BCUT2D eigenvalue weighted by Gasteiger charge is 2.65. The highest BCUT2D eigenvalue weighted by molar-refractivity contribution is 7.01.